The lowest BCUT2D eigenvalue weighted by atomic mass is 10.2. The first-order valence-corrected chi connectivity index (χ1v) is 9.01. The first-order valence-electron chi connectivity index (χ1n) is 7.48. The molecule has 0 radical (unpaired) electrons. The topological polar surface area (TPSA) is 55.4 Å². The van der Waals surface area contributed by atoms with Crippen LogP contribution in [0.2, 0.25) is 5.02 Å². The molecule has 0 saturated carbocycles. The number of carbonyl (C=O) groups is 2. The number of rotatable bonds is 7. The standard InChI is InChI=1S/C18H18ClNO3S/c1-2-23-18(22)15-9-8-14(10-16(15)19)20-17(21)12-24-11-13-6-4-3-5-7-13/h3-10H,2,11-12H2,1H3,(H,20,21). The maximum absolute atomic E-state index is 12.0. The lowest BCUT2D eigenvalue weighted by molar-refractivity contribution is -0.113. The summed E-state index contributed by atoms with van der Waals surface area (Å²) in [6.45, 7) is 2.01. The smallest absolute Gasteiger partial charge is 0.339 e. The van der Waals surface area contributed by atoms with E-state index in [-0.39, 0.29) is 23.1 Å². The lowest BCUT2D eigenvalue weighted by Gasteiger charge is -2.08. The molecule has 126 valence electrons. The van der Waals surface area contributed by atoms with E-state index in [1.807, 2.05) is 30.3 Å². The molecule has 24 heavy (non-hydrogen) atoms. The van der Waals surface area contributed by atoms with Gasteiger partial charge < -0.3 is 10.1 Å². The van der Waals surface area contributed by atoms with Crippen LogP contribution < -0.4 is 5.32 Å². The second-order valence-corrected chi connectivity index (χ2v) is 6.33. The summed E-state index contributed by atoms with van der Waals surface area (Å²) in [6, 6.07) is 14.7. The van der Waals surface area contributed by atoms with Crippen LogP contribution in [0, 0.1) is 0 Å². The van der Waals surface area contributed by atoms with Gasteiger partial charge in [0.1, 0.15) is 0 Å². The number of halogens is 1. The highest BCUT2D eigenvalue weighted by Gasteiger charge is 2.12. The molecule has 0 fully saturated rings. The lowest BCUT2D eigenvalue weighted by Crippen LogP contribution is -2.14. The van der Waals surface area contributed by atoms with Crippen molar-refractivity contribution in [3.05, 3.63) is 64.7 Å². The first-order chi connectivity index (χ1) is 11.6. The quantitative estimate of drug-likeness (QED) is 0.741. The minimum absolute atomic E-state index is 0.115. The molecular weight excluding hydrogens is 346 g/mol. The molecule has 0 saturated heterocycles. The van der Waals surface area contributed by atoms with Gasteiger partial charge in [0.2, 0.25) is 5.91 Å². The van der Waals surface area contributed by atoms with Gasteiger partial charge in [-0.05, 0) is 30.7 Å². The fraction of sp³-hybridized carbons (Fsp3) is 0.222. The van der Waals surface area contributed by atoms with Crippen LogP contribution in [0.3, 0.4) is 0 Å². The molecule has 0 aliphatic carbocycles. The molecule has 0 unspecified atom stereocenters. The molecule has 2 rings (SSSR count). The maximum atomic E-state index is 12.0. The number of ether oxygens (including phenoxy) is 1. The Morgan fingerprint density at radius 3 is 2.58 bits per heavy atom. The molecule has 0 atom stereocenters. The number of benzene rings is 2. The summed E-state index contributed by atoms with van der Waals surface area (Å²) in [5.41, 5.74) is 2.02. The minimum Gasteiger partial charge on any atom is -0.462 e. The van der Waals surface area contributed by atoms with Gasteiger partial charge in [-0.3, -0.25) is 4.79 Å². The van der Waals surface area contributed by atoms with E-state index in [9.17, 15) is 9.59 Å². The predicted molar refractivity (Wildman–Crippen MR) is 98.6 cm³/mol. The van der Waals surface area contributed by atoms with Gasteiger partial charge in [0.15, 0.2) is 0 Å². The normalized spacial score (nSPS) is 10.2. The molecule has 0 aliphatic rings. The Morgan fingerprint density at radius 1 is 1.17 bits per heavy atom. The number of carbonyl (C=O) groups excluding carboxylic acids is 2. The van der Waals surface area contributed by atoms with Crippen molar-refractivity contribution in [3.63, 3.8) is 0 Å². The molecule has 0 aromatic heterocycles. The van der Waals surface area contributed by atoms with Crippen LogP contribution in [0.15, 0.2) is 48.5 Å². The van der Waals surface area contributed by atoms with E-state index in [1.165, 1.54) is 17.3 Å². The summed E-state index contributed by atoms with van der Waals surface area (Å²) in [7, 11) is 0. The highest BCUT2D eigenvalue weighted by Crippen LogP contribution is 2.22. The van der Waals surface area contributed by atoms with Crippen LogP contribution >= 0.6 is 23.4 Å². The van der Waals surface area contributed by atoms with Gasteiger partial charge >= 0.3 is 5.97 Å². The molecule has 2 aromatic rings. The number of amides is 1. The van der Waals surface area contributed by atoms with E-state index < -0.39 is 5.97 Å². The van der Waals surface area contributed by atoms with Crippen LogP contribution in [-0.4, -0.2) is 24.2 Å². The fourth-order valence-electron chi connectivity index (χ4n) is 2.00. The van der Waals surface area contributed by atoms with E-state index in [0.717, 1.165) is 5.75 Å². The summed E-state index contributed by atoms with van der Waals surface area (Å²) in [6.07, 6.45) is 0. The van der Waals surface area contributed by atoms with E-state index in [4.69, 9.17) is 16.3 Å². The molecule has 0 heterocycles. The van der Waals surface area contributed by atoms with Crippen LogP contribution in [0.25, 0.3) is 0 Å². The third kappa shape index (κ3) is 5.58. The number of hydrogen-bond donors (Lipinski definition) is 1. The molecule has 0 spiro atoms. The summed E-state index contributed by atoms with van der Waals surface area (Å²) in [5.74, 6) is 0.526. The largest absolute Gasteiger partial charge is 0.462 e. The summed E-state index contributed by atoms with van der Waals surface area (Å²) in [5, 5.41) is 3.02. The first kappa shape index (κ1) is 18.4. The van der Waals surface area contributed by atoms with E-state index in [2.05, 4.69) is 5.32 Å². The van der Waals surface area contributed by atoms with E-state index >= 15 is 0 Å². The summed E-state index contributed by atoms with van der Waals surface area (Å²) in [4.78, 5) is 23.6. The number of thioether (sulfide) groups is 1. The minimum atomic E-state index is -0.473. The van der Waals surface area contributed by atoms with Gasteiger partial charge in [0, 0.05) is 11.4 Å². The Kier molecular flexibility index (Phi) is 7.15. The van der Waals surface area contributed by atoms with Crippen molar-refractivity contribution >= 4 is 40.9 Å². The van der Waals surface area contributed by atoms with Gasteiger partial charge in [-0.2, -0.15) is 0 Å². The summed E-state index contributed by atoms with van der Waals surface area (Å²) >= 11 is 7.60. The zero-order valence-electron chi connectivity index (χ0n) is 13.3. The highest BCUT2D eigenvalue weighted by atomic mass is 35.5. The molecule has 6 heteroatoms. The number of hydrogen-bond acceptors (Lipinski definition) is 4. The van der Waals surface area contributed by atoms with Gasteiger partial charge in [-0.15, -0.1) is 11.8 Å². The van der Waals surface area contributed by atoms with Gasteiger partial charge in [-0.25, -0.2) is 4.79 Å². The van der Waals surface area contributed by atoms with Crippen LogP contribution in [0.1, 0.15) is 22.8 Å². The number of esters is 1. The zero-order valence-corrected chi connectivity index (χ0v) is 14.8. The second-order valence-electron chi connectivity index (χ2n) is 4.94. The molecular formula is C18H18ClNO3S. The SMILES string of the molecule is CCOC(=O)c1ccc(NC(=O)CSCc2ccccc2)cc1Cl. The Balaban J connectivity index is 1.85. The predicted octanol–water partition coefficient (Wildman–Crippen LogP) is 4.39. The average molecular weight is 364 g/mol. The zero-order chi connectivity index (χ0) is 17.4. The number of anilines is 1. The van der Waals surface area contributed by atoms with Crippen LogP contribution in [0.4, 0.5) is 5.69 Å². The third-order valence-corrected chi connectivity index (χ3v) is 4.41. The van der Waals surface area contributed by atoms with Crippen molar-refractivity contribution < 1.29 is 14.3 Å². The van der Waals surface area contributed by atoms with Crippen LogP contribution in [-0.2, 0) is 15.3 Å². The Morgan fingerprint density at radius 2 is 1.92 bits per heavy atom. The maximum Gasteiger partial charge on any atom is 0.339 e. The molecule has 0 bridgehead atoms. The Bertz CT molecular complexity index is 707. The Labute approximate surface area is 150 Å². The molecule has 0 aliphatic heterocycles. The third-order valence-electron chi connectivity index (χ3n) is 3.09. The van der Waals surface area contributed by atoms with Crippen molar-refractivity contribution in [2.45, 2.75) is 12.7 Å². The fourth-order valence-corrected chi connectivity index (χ4v) is 3.05. The average Bonchev–Trinajstić information content (AvgIpc) is 2.56. The van der Waals surface area contributed by atoms with E-state index in [1.54, 1.807) is 25.1 Å². The highest BCUT2D eigenvalue weighted by molar-refractivity contribution is 7.99. The summed E-state index contributed by atoms with van der Waals surface area (Å²) < 4.78 is 4.91. The Hall–Kier alpha value is -1.98. The molecule has 1 N–H and O–H groups in total. The van der Waals surface area contributed by atoms with Crippen molar-refractivity contribution in [2.24, 2.45) is 0 Å². The molecule has 1 amide bonds. The van der Waals surface area contributed by atoms with Crippen LogP contribution in [0.5, 0.6) is 0 Å². The van der Waals surface area contributed by atoms with Crippen molar-refractivity contribution in [2.75, 3.05) is 17.7 Å². The van der Waals surface area contributed by atoms with Gasteiger partial charge in [-0.1, -0.05) is 41.9 Å². The molecule has 4 nitrogen and oxygen atoms in total. The molecule has 2 aromatic carbocycles. The van der Waals surface area contributed by atoms with Crippen molar-refractivity contribution in [3.8, 4) is 0 Å². The number of nitrogens with one attached hydrogen (secondary N) is 1. The second kappa shape index (κ2) is 9.35. The van der Waals surface area contributed by atoms with Crippen molar-refractivity contribution in [1.82, 2.24) is 0 Å². The van der Waals surface area contributed by atoms with E-state index in [0.29, 0.717) is 11.4 Å². The monoisotopic (exact) mass is 363 g/mol. The van der Waals surface area contributed by atoms with Gasteiger partial charge in [0.25, 0.3) is 0 Å². The van der Waals surface area contributed by atoms with Gasteiger partial charge in [0.05, 0.1) is 22.9 Å². The van der Waals surface area contributed by atoms with Crippen molar-refractivity contribution in [1.29, 1.82) is 0 Å².